The van der Waals surface area contributed by atoms with Gasteiger partial charge in [-0.2, -0.15) is 0 Å². The number of nitrogens with one attached hydrogen (secondary N) is 1. The molecule has 5 rings (SSSR count). The zero-order valence-corrected chi connectivity index (χ0v) is 19.5. The maximum atomic E-state index is 13.0. The number of hydrogen-bond acceptors (Lipinski definition) is 9. The van der Waals surface area contributed by atoms with Gasteiger partial charge >= 0.3 is 6.03 Å². The molecular formula is C23H14N4O6S2. The Balaban J connectivity index is 1.38. The average molecular weight is 507 g/mol. The summed E-state index contributed by atoms with van der Waals surface area (Å²) in [5, 5.41) is 13.6. The summed E-state index contributed by atoms with van der Waals surface area (Å²) in [6.07, 6.45) is 1.27. The van der Waals surface area contributed by atoms with Crippen molar-refractivity contribution in [1.29, 1.82) is 0 Å². The molecule has 35 heavy (non-hydrogen) atoms. The molecule has 0 atom stereocenters. The normalized spacial score (nSPS) is 15.2. The predicted octanol–water partition coefficient (Wildman–Crippen LogP) is 4.92. The van der Waals surface area contributed by atoms with Gasteiger partial charge in [0.25, 0.3) is 17.5 Å². The molecule has 0 bridgehead atoms. The lowest BCUT2D eigenvalue weighted by Crippen LogP contribution is -2.54. The van der Waals surface area contributed by atoms with Crippen LogP contribution >= 0.6 is 23.1 Å². The fourth-order valence-corrected chi connectivity index (χ4v) is 5.33. The molecule has 1 aliphatic heterocycles. The molecule has 1 N–H and O–H groups in total. The molecule has 10 nitrogen and oxygen atoms in total. The van der Waals surface area contributed by atoms with E-state index in [4.69, 9.17) is 4.42 Å². The molecular weight excluding hydrogens is 492 g/mol. The largest absolute Gasteiger partial charge is 0.450 e. The lowest BCUT2D eigenvalue weighted by Gasteiger charge is -2.26. The Labute approximate surface area is 205 Å². The van der Waals surface area contributed by atoms with Crippen LogP contribution in [-0.2, 0) is 9.59 Å². The van der Waals surface area contributed by atoms with Crippen LogP contribution in [0.2, 0.25) is 0 Å². The number of thiazole rings is 1. The topological polar surface area (TPSA) is 136 Å². The molecule has 0 unspecified atom stereocenters. The number of urea groups is 1. The number of furan rings is 1. The number of imide groups is 2. The second kappa shape index (κ2) is 8.81. The molecule has 4 amide bonds. The molecule has 1 saturated heterocycles. The molecule has 174 valence electrons. The minimum Gasteiger partial charge on any atom is -0.450 e. The van der Waals surface area contributed by atoms with E-state index in [-0.39, 0.29) is 17.0 Å². The Kier molecular flexibility index (Phi) is 5.67. The third-order valence-electron chi connectivity index (χ3n) is 5.03. The molecule has 2 aromatic heterocycles. The van der Waals surface area contributed by atoms with Crippen LogP contribution in [0.1, 0.15) is 11.3 Å². The molecule has 0 aliphatic carbocycles. The minimum atomic E-state index is -0.826. The number of benzene rings is 2. The Morgan fingerprint density at radius 2 is 1.89 bits per heavy atom. The van der Waals surface area contributed by atoms with Crippen LogP contribution in [0.5, 0.6) is 0 Å². The van der Waals surface area contributed by atoms with Crippen molar-refractivity contribution >= 4 is 68.6 Å². The van der Waals surface area contributed by atoms with Gasteiger partial charge in [0.15, 0.2) is 9.43 Å². The van der Waals surface area contributed by atoms with Gasteiger partial charge in [-0.05, 0) is 55.1 Å². The van der Waals surface area contributed by atoms with Crippen molar-refractivity contribution in [3.63, 3.8) is 0 Å². The molecule has 0 spiro atoms. The molecule has 1 aliphatic rings. The highest BCUT2D eigenvalue weighted by molar-refractivity contribution is 8.01. The summed E-state index contributed by atoms with van der Waals surface area (Å²) in [4.78, 5) is 53.5. The van der Waals surface area contributed by atoms with Crippen LogP contribution in [0.3, 0.4) is 0 Å². The average Bonchev–Trinajstić information content (AvgIpc) is 3.43. The van der Waals surface area contributed by atoms with Crippen LogP contribution in [-0.4, -0.2) is 27.8 Å². The second-order valence-electron chi connectivity index (χ2n) is 7.44. The molecule has 0 radical (unpaired) electrons. The lowest BCUT2D eigenvalue weighted by molar-refractivity contribution is -0.384. The van der Waals surface area contributed by atoms with Crippen molar-refractivity contribution in [3.05, 3.63) is 81.6 Å². The molecule has 12 heteroatoms. The van der Waals surface area contributed by atoms with E-state index < -0.39 is 22.8 Å². The zero-order chi connectivity index (χ0) is 24.7. The van der Waals surface area contributed by atoms with Crippen molar-refractivity contribution in [1.82, 2.24) is 10.3 Å². The highest BCUT2D eigenvalue weighted by Gasteiger charge is 2.37. The number of amides is 4. The Bertz CT molecular complexity index is 1550. The van der Waals surface area contributed by atoms with Crippen molar-refractivity contribution in [2.75, 3.05) is 4.90 Å². The summed E-state index contributed by atoms with van der Waals surface area (Å²) in [5.74, 6) is -1.34. The van der Waals surface area contributed by atoms with E-state index in [1.807, 2.05) is 6.92 Å². The fourth-order valence-electron chi connectivity index (χ4n) is 3.33. The number of barbiturate groups is 1. The number of carbonyl (C=O) groups is 3. The van der Waals surface area contributed by atoms with Gasteiger partial charge in [-0.25, -0.2) is 14.7 Å². The lowest BCUT2D eigenvalue weighted by atomic mass is 10.1. The Morgan fingerprint density at radius 3 is 2.63 bits per heavy atom. The summed E-state index contributed by atoms with van der Waals surface area (Å²) in [5.41, 5.74) is 1.66. The third-order valence-corrected chi connectivity index (χ3v) is 7.03. The van der Waals surface area contributed by atoms with Crippen LogP contribution in [0, 0.1) is 17.0 Å². The SMILES string of the molecule is Cc1ccc(N2C(=O)NC(=O)/C(=C\c3ccc(Sc4nc5ccc([N+](=O)[O-])cc5s4)o3)C2=O)cc1. The second-order valence-corrected chi connectivity index (χ2v) is 9.72. The quantitative estimate of drug-likeness (QED) is 0.174. The predicted molar refractivity (Wildman–Crippen MR) is 129 cm³/mol. The number of carbonyl (C=O) groups excluding carboxylic acids is 3. The fraction of sp³-hybridized carbons (Fsp3) is 0.0435. The molecule has 2 aromatic carbocycles. The number of nitro groups is 1. The van der Waals surface area contributed by atoms with E-state index >= 15 is 0 Å². The monoisotopic (exact) mass is 506 g/mol. The summed E-state index contributed by atoms with van der Waals surface area (Å²) >= 11 is 2.48. The van der Waals surface area contributed by atoms with E-state index in [2.05, 4.69) is 10.3 Å². The van der Waals surface area contributed by atoms with Crippen LogP contribution in [0.25, 0.3) is 16.3 Å². The summed E-state index contributed by atoms with van der Waals surface area (Å²) in [6.45, 7) is 1.88. The van der Waals surface area contributed by atoms with Crippen LogP contribution < -0.4 is 10.2 Å². The highest BCUT2D eigenvalue weighted by Crippen LogP contribution is 2.36. The van der Waals surface area contributed by atoms with Crippen molar-refractivity contribution in [2.45, 2.75) is 16.4 Å². The van der Waals surface area contributed by atoms with Gasteiger partial charge in [0.1, 0.15) is 11.3 Å². The number of aromatic nitrogens is 1. The molecule has 0 saturated carbocycles. The Hall–Kier alpha value is -4.29. The van der Waals surface area contributed by atoms with Gasteiger partial charge in [0.05, 0.1) is 20.8 Å². The van der Waals surface area contributed by atoms with Crippen molar-refractivity contribution < 1.29 is 23.7 Å². The van der Waals surface area contributed by atoms with Crippen molar-refractivity contribution in [3.8, 4) is 0 Å². The van der Waals surface area contributed by atoms with E-state index in [0.29, 0.717) is 25.3 Å². The summed E-state index contributed by atoms with van der Waals surface area (Å²) in [6, 6.07) is 13.6. The first-order chi connectivity index (χ1) is 16.8. The summed E-state index contributed by atoms with van der Waals surface area (Å²) in [7, 11) is 0. The van der Waals surface area contributed by atoms with Gasteiger partial charge < -0.3 is 4.42 Å². The first kappa shape index (κ1) is 22.5. The van der Waals surface area contributed by atoms with Crippen LogP contribution in [0.4, 0.5) is 16.2 Å². The highest BCUT2D eigenvalue weighted by atomic mass is 32.2. The number of non-ortho nitro benzene ring substituents is 1. The van der Waals surface area contributed by atoms with Crippen LogP contribution in [0.15, 0.2) is 74.0 Å². The van der Waals surface area contributed by atoms with Gasteiger partial charge in [-0.15, -0.1) is 11.3 Å². The zero-order valence-electron chi connectivity index (χ0n) is 17.9. The van der Waals surface area contributed by atoms with Gasteiger partial charge in [0, 0.05) is 12.1 Å². The number of anilines is 1. The number of hydrogen-bond donors (Lipinski definition) is 1. The van der Waals surface area contributed by atoms with E-state index in [1.165, 1.54) is 41.3 Å². The van der Waals surface area contributed by atoms with Gasteiger partial charge in [-0.3, -0.25) is 25.0 Å². The number of nitrogens with zero attached hydrogens (tertiary/aromatic N) is 3. The number of rotatable bonds is 5. The van der Waals surface area contributed by atoms with Gasteiger partial charge in [0.2, 0.25) is 0 Å². The van der Waals surface area contributed by atoms with Gasteiger partial charge in [-0.1, -0.05) is 17.7 Å². The number of fused-ring (bicyclic) bond motifs is 1. The standard InChI is InChI=1S/C23H14N4O6S2/c1-12-2-4-13(5-3-12)26-21(29)16(20(28)25-22(26)30)11-15-7-9-19(33-15)35-23-24-17-8-6-14(27(31)32)10-18(17)34-23/h2-11H,1H3,(H,25,28,30)/b16-11+. The number of aryl methyl sites for hydroxylation is 1. The Morgan fingerprint density at radius 1 is 1.11 bits per heavy atom. The van der Waals surface area contributed by atoms with E-state index in [1.54, 1.807) is 42.5 Å². The molecule has 4 aromatic rings. The number of nitro benzene ring substituents is 1. The van der Waals surface area contributed by atoms with E-state index in [0.717, 1.165) is 10.5 Å². The first-order valence-electron chi connectivity index (χ1n) is 10.1. The van der Waals surface area contributed by atoms with E-state index in [9.17, 15) is 24.5 Å². The smallest absolute Gasteiger partial charge is 0.335 e. The maximum Gasteiger partial charge on any atom is 0.335 e. The minimum absolute atomic E-state index is 0.0156. The maximum absolute atomic E-state index is 13.0. The molecule has 1 fully saturated rings. The first-order valence-corrected chi connectivity index (χ1v) is 11.7. The van der Waals surface area contributed by atoms with Crippen molar-refractivity contribution in [2.24, 2.45) is 0 Å². The third kappa shape index (κ3) is 4.44. The molecule has 3 heterocycles. The summed E-state index contributed by atoms with van der Waals surface area (Å²) < 4.78 is 7.01.